The molecule has 0 spiro atoms. The fourth-order valence-electron chi connectivity index (χ4n) is 1.99. The van der Waals surface area contributed by atoms with Crippen molar-refractivity contribution in [2.45, 2.75) is 45.8 Å². The first-order valence-corrected chi connectivity index (χ1v) is 7.00. The lowest BCUT2D eigenvalue weighted by molar-refractivity contribution is 0.183. The first-order valence-electron chi connectivity index (χ1n) is 7.00. The monoisotopic (exact) mass is 282 g/mol. The Kier molecular flexibility index (Phi) is 5.96. The average Bonchev–Trinajstić information content (AvgIpc) is 2.35. The van der Waals surface area contributed by atoms with Crippen LogP contribution in [0.25, 0.3) is 0 Å². The van der Waals surface area contributed by atoms with Gasteiger partial charge < -0.3 is 15.0 Å². The fourth-order valence-corrected chi connectivity index (χ4v) is 1.99. The van der Waals surface area contributed by atoms with Crippen LogP contribution in [-0.2, 0) is 11.3 Å². The molecule has 1 unspecified atom stereocenters. The maximum atomic E-state index is 13.5. The smallest absolute Gasteiger partial charge is 0.123 e. The first-order chi connectivity index (χ1) is 9.24. The second-order valence-corrected chi connectivity index (χ2v) is 6.29. The van der Waals surface area contributed by atoms with Gasteiger partial charge in [-0.1, -0.05) is 0 Å². The Morgan fingerprint density at radius 1 is 1.35 bits per heavy atom. The number of halogens is 1. The topological polar surface area (TPSA) is 24.5 Å². The Morgan fingerprint density at radius 2 is 2.00 bits per heavy atom. The summed E-state index contributed by atoms with van der Waals surface area (Å²) in [6.07, 6.45) is 0. The Morgan fingerprint density at radius 3 is 2.55 bits per heavy atom. The maximum absolute atomic E-state index is 13.5. The predicted molar refractivity (Wildman–Crippen MR) is 82.7 cm³/mol. The summed E-state index contributed by atoms with van der Waals surface area (Å²) in [5.74, 6) is -0.202. The number of hydrogen-bond acceptors (Lipinski definition) is 3. The molecular formula is C16H27FN2O. The molecule has 20 heavy (non-hydrogen) atoms. The second-order valence-electron chi connectivity index (χ2n) is 6.29. The molecule has 1 aromatic rings. The standard InChI is InChI=1S/C16H27FN2O/c1-12(11-20-6)19(5)15-8-7-14(17)9-13(15)10-18-16(2,3)4/h7-9,12,18H,10-11H2,1-6H3. The van der Waals surface area contributed by atoms with E-state index < -0.39 is 0 Å². The van der Waals surface area contributed by atoms with E-state index in [1.807, 2.05) is 13.1 Å². The lowest BCUT2D eigenvalue weighted by atomic mass is 10.1. The molecule has 0 aliphatic heterocycles. The van der Waals surface area contributed by atoms with E-state index in [4.69, 9.17) is 4.74 Å². The molecule has 1 N–H and O–H groups in total. The third-order valence-corrected chi connectivity index (χ3v) is 3.30. The number of benzene rings is 1. The third-order valence-electron chi connectivity index (χ3n) is 3.30. The number of hydrogen-bond donors (Lipinski definition) is 1. The van der Waals surface area contributed by atoms with Gasteiger partial charge >= 0.3 is 0 Å². The van der Waals surface area contributed by atoms with Gasteiger partial charge in [0.25, 0.3) is 0 Å². The fraction of sp³-hybridized carbons (Fsp3) is 0.625. The molecule has 0 fully saturated rings. The number of nitrogens with one attached hydrogen (secondary N) is 1. The van der Waals surface area contributed by atoms with Crippen LogP contribution in [0.3, 0.4) is 0 Å². The van der Waals surface area contributed by atoms with Gasteiger partial charge in [-0.25, -0.2) is 4.39 Å². The summed E-state index contributed by atoms with van der Waals surface area (Å²) in [5, 5.41) is 3.41. The summed E-state index contributed by atoms with van der Waals surface area (Å²) in [6.45, 7) is 9.67. The van der Waals surface area contributed by atoms with E-state index in [1.54, 1.807) is 13.2 Å². The minimum absolute atomic E-state index is 0.000302. The minimum atomic E-state index is -0.202. The molecule has 1 rings (SSSR count). The van der Waals surface area contributed by atoms with Crippen molar-refractivity contribution in [3.05, 3.63) is 29.6 Å². The zero-order valence-corrected chi connectivity index (χ0v) is 13.5. The highest BCUT2D eigenvalue weighted by atomic mass is 19.1. The van der Waals surface area contributed by atoms with Crippen LogP contribution in [0.4, 0.5) is 10.1 Å². The summed E-state index contributed by atoms with van der Waals surface area (Å²) in [5.41, 5.74) is 2.00. The van der Waals surface area contributed by atoms with Crippen LogP contribution in [0.5, 0.6) is 0 Å². The van der Waals surface area contributed by atoms with Gasteiger partial charge in [-0.05, 0) is 51.5 Å². The molecule has 0 aromatic heterocycles. The molecule has 0 aliphatic rings. The van der Waals surface area contributed by atoms with Crippen LogP contribution in [0.2, 0.25) is 0 Å². The van der Waals surface area contributed by atoms with Crippen molar-refractivity contribution >= 4 is 5.69 Å². The Bertz CT molecular complexity index is 429. The van der Waals surface area contributed by atoms with Crippen molar-refractivity contribution in [1.82, 2.24) is 5.32 Å². The highest BCUT2D eigenvalue weighted by Gasteiger charge is 2.16. The molecular weight excluding hydrogens is 255 g/mol. The molecule has 0 heterocycles. The molecule has 0 radical (unpaired) electrons. The van der Waals surface area contributed by atoms with E-state index in [0.717, 1.165) is 11.3 Å². The van der Waals surface area contributed by atoms with Crippen LogP contribution in [-0.4, -0.2) is 32.3 Å². The van der Waals surface area contributed by atoms with Gasteiger partial charge in [0.15, 0.2) is 0 Å². The van der Waals surface area contributed by atoms with Gasteiger partial charge in [0.1, 0.15) is 5.82 Å². The summed E-state index contributed by atoms with van der Waals surface area (Å²) in [6, 6.07) is 5.18. The van der Waals surface area contributed by atoms with E-state index in [9.17, 15) is 4.39 Å². The molecule has 1 atom stereocenters. The normalized spacial score (nSPS) is 13.3. The summed E-state index contributed by atoms with van der Waals surface area (Å²) >= 11 is 0. The van der Waals surface area contributed by atoms with Gasteiger partial charge in [0.05, 0.1) is 6.61 Å². The zero-order chi connectivity index (χ0) is 15.3. The zero-order valence-electron chi connectivity index (χ0n) is 13.5. The van der Waals surface area contributed by atoms with Crippen LogP contribution >= 0.6 is 0 Å². The SMILES string of the molecule is COCC(C)N(C)c1ccc(F)cc1CNC(C)(C)C. The molecule has 0 amide bonds. The molecule has 3 nitrogen and oxygen atoms in total. The van der Waals surface area contributed by atoms with Gasteiger partial charge in [0, 0.05) is 38.0 Å². The van der Waals surface area contributed by atoms with Gasteiger partial charge in [-0.15, -0.1) is 0 Å². The predicted octanol–water partition coefficient (Wildman–Crippen LogP) is 3.18. The van der Waals surface area contributed by atoms with Crippen LogP contribution in [0, 0.1) is 5.82 Å². The van der Waals surface area contributed by atoms with Crippen molar-refractivity contribution < 1.29 is 9.13 Å². The number of nitrogens with zero attached hydrogens (tertiary/aromatic N) is 1. The summed E-state index contributed by atoms with van der Waals surface area (Å²) in [4.78, 5) is 2.13. The molecule has 114 valence electrons. The lowest BCUT2D eigenvalue weighted by Crippen LogP contribution is -2.37. The largest absolute Gasteiger partial charge is 0.383 e. The maximum Gasteiger partial charge on any atom is 0.123 e. The number of methoxy groups -OCH3 is 1. The molecule has 0 saturated heterocycles. The average molecular weight is 282 g/mol. The lowest BCUT2D eigenvalue weighted by Gasteiger charge is -2.30. The van der Waals surface area contributed by atoms with Crippen molar-refractivity contribution in [1.29, 1.82) is 0 Å². The van der Waals surface area contributed by atoms with Gasteiger partial charge in [-0.2, -0.15) is 0 Å². The van der Waals surface area contributed by atoms with E-state index in [1.165, 1.54) is 6.07 Å². The van der Waals surface area contributed by atoms with E-state index in [0.29, 0.717) is 13.2 Å². The third kappa shape index (κ3) is 5.10. The summed E-state index contributed by atoms with van der Waals surface area (Å²) in [7, 11) is 3.70. The van der Waals surface area contributed by atoms with Gasteiger partial charge in [-0.3, -0.25) is 0 Å². The first kappa shape index (κ1) is 16.9. The molecule has 0 aliphatic carbocycles. The molecule has 4 heteroatoms. The number of ether oxygens (including phenoxy) is 1. The highest BCUT2D eigenvalue weighted by Crippen LogP contribution is 2.23. The second kappa shape index (κ2) is 7.04. The molecule has 0 saturated carbocycles. The van der Waals surface area contributed by atoms with Crippen LogP contribution in [0.15, 0.2) is 18.2 Å². The number of anilines is 1. The Balaban J connectivity index is 2.94. The van der Waals surface area contributed by atoms with Crippen LogP contribution in [0.1, 0.15) is 33.3 Å². The Labute approximate surface area is 122 Å². The Hall–Kier alpha value is -1.13. The number of rotatable bonds is 6. The van der Waals surface area contributed by atoms with E-state index in [2.05, 4.69) is 37.9 Å². The molecule has 1 aromatic carbocycles. The summed E-state index contributed by atoms with van der Waals surface area (Å²) < 4.78 is 18.7. The van der Waals surface area contributed by atoms with Crippen LogP contribution < -0.4 is 10.2 Å². The highest BCUT2D eigenvalue weighted by molar-refractivity contribution is 5.54. The van der Waals surface area contributed by atoms with Gasteiger partial charge in [0.2, 0.25) is 0 Å². The van der Waals surface area contributed by atoms with Crippen molar-refractivity contribution in [2.75, 3.05) is 25.7 Å². The van der Waals surface area contributed by atoms with Crippen molar-refractivity contribution in [3.8, 4) is 0 Å². The van der Waals surface area contributed by atoms with E-state index in [-0.39, 0.29) is 17.4 Å². The van der Waals surface area contributed by atoms with Crippen molar-refractivity contribution in [3.63, 3.8) is 0 Å². The molecule has 0 bridgehead atoms. The number of likely N-dealkylation sites (N-methyl/N-ethyl adjacent to an activating group) is 1. The quantitative estimate of drug-likeness (QED) is 0.867. The van der Waals surface area contributed by atoms with Crippen molar-refractivity contribution in [2.24, 2.45) is 0 Å². The van der Waals surface area contributed by atoms with E-state index >= 15 is 0 Å². The minimum Gasteiger partial charge on any atom is -0.383 e.